The number of sulfonamides is 1. The van der Waals surface area contributed by atoms with Gasteiger partial charge in [-0.15, -0.1) is 0 Å². The van der Waals surface area contributed by atoms with Crippen LogP contribution in [0, 0.1) is 11.7 Å². The molecular formula is C14H21FN2O2S. The van der Waals surface area contributed by atoms with Gasteiger partial charge in [0, 0.05) is 19.6 Å². The van der Waals surface area contributed by atoms with Crippen LogP contribution in [0.3, 0.4) is 0 Å². The fourth-order valence-corrected chi connectivity index (χ4v) is 4.29. The van der Waals surface area contributed by atoms with E-state index in [2.05, 4.69) is 6.92 Å². The number of hydrogen-bond acceptors (Lipinski definition) is 3. The van der Waals surface area contributed by atoms with Crippen molar-refractivity contribution in [2.75, 3.05) is 13.1 Å². The van der Waals surface area contributed by atoms with E-state index in [1.54, 1.807) is 0 Å². The van der Waals surface area contributed by atoms with Crippen molar-refractivity contribution in [3.8, 4) is 0 Å². The van der Waals surface area contributed by atoms with Crippen molar-refractivity contribution in [3.05, 3.63) is 29.6 Å². The van der Waals surface area contributed by atoms with E-state index in [4.69, 9.17) is 5.73 Å². The molecule has 1 atom stereocenters. The van der Waals surface area contributed by atoms with Gasteiger partial charge in [0.25, 0.3) is 0 Å². The Morgan fingerprint density at radius 3 is 2.80 bits per heavy atom. The summed E-state index contributed by atoms with van der Waals surface area (Å²) >= 11 is 0. The molecule has 0 aromatic heterocycles. The highest BCUT2D eigenvalue weighted by atomic mass is 32.2. The maximum absolute atomic E-state index is 13.4. The van der Waals surface area contributed by atoms with E-state index in [0.717, 1.165) is 25.3 Å². The zero-order valence-corrected chi connectivity index (χ0v) is 12.5. The summed E-state index contributed by atoms with van der Waals surface area (Å²) in [6.45, 7) is 3.19. The van der Waals surface area contributed by atoms with Crippen molar-refractivity contribution < 1.29 is 12.8 Å². The first kappa shape index (κ1) is 15.4. The van der Waals surface area contributed by atoms with Crippen LogP contribution in [-0.4, -0.2) is 25.8 Å². The third-order valence-corrected chi connectivity index (χ3v) is 5.82. The average Bonchev–Trinajstić information content (AvgIpc) is 2.64. The van der Waals surface area contributed by atoms with E-state index in [-0.39, 0.29) is 11.4 Å². The lowest BCUT2D eigenvalue weighted by Gasteiger charge is -2.21. The van der Waals surface area contributed by atoms with Crippen molar-refractivity contribution in [2.45, 2.75) is 37.6 Å². The minimum Gasteiger partial charge on any atom is -0.326 e. The van der Waals surface area contributed by atoms with Gasteiger partial charge in [-0.1, -0.05) is 13.0 Å². The van der Waals surface area contributed by atoms with Crippen molar-refractivity contribution in [2.24, 2.45) is 11.7 Å². The Bertz CT molecular complexity index is 575. The van der Waals surface area contributed by atoms with Crippen LogP contribution < -0.4 is 5.73 Å². The molecule has 1 aromatic rings. The molecular weight excluding hydrogens is 279 g/mol. The van der Waals surface area contributed by atoms with Gasteiger partial charge in [-0.25, -0.2) is 12.8 Å². The van der Waals surface area contributed by atoms with Crippen LogP contribution in [-0.2, 0) is 16.6 Å². The van der Waals surface area contributed by atoms with Crippen LogP contribution in [0.2, 0.25) is 0 Å². The molecule has 4 nitrogen and oxygen atoms in total. The highest BCUT2D eigenvalue weighted by Crippen LogP contribution is 2.25. The molecule has 6 heteroatoms. The first-order valence-corrected chi connectivity index (χ1v) is 8.38. The fourth-order valence-electron chi connectivity index (χ4n) is 2.55. The summed E-state index contributed by atoms with van der Waals surface area (Å²) in [5.41, 5.74) is 6.04. The Morgan fingerprint density at radius 2 is 2.10 bits per heavy atom. The number of hydrogen-bond donors (Lipinski definition) is 1. The summed E-state index contributed by atoms with van der Waals surface area (Å²) in [5.74, 6) is -0.0272. The standard InChI is InChI=1S/C14H21FN2O2S/c1-11-3-2-7-17(8-6-11)20(18,19)14-9-13(15)5-4-12(14)10-16/h4-5,9,11H,2-3,6-8,10,16H2,1H3. The topological polar surface area (TPSA) is 63.4 Å². The average molecular weight is 300 g/mol. The third-order valence-electron chi connectivity index (χ3n) is 3.84. The fraction of sp³-hybridized carbons (Fsp3) is 0.571. The Kier molecular flexibility index (Phi) is 4.78. The molecule has 0 spiro atoms. The Balaban J connectivity index is 2.36. The lowest BCUT2D eigenvalue weighted by atomic mass is 10.0. The summed E-state index contributed by atoms with van der Waals surface area (Å²) in [7, 11) is -3.66. The van der Waals surface area contributed by atoms with Crippen LogP contribution in [0.25, 0.3) is 0 Å². The number of benzene rings is 1. The van der Waals surface area contributed by atoms with Gasteiger partial charge in [-0.3, -0.25) is 0 Å². The van der Waals surface area contributed by atoms with E-state index >= 15 is 0 Å². The first-order valence-electron chi connectivity index (χ1n) is 6.94. The molecule has 1 aliphatic heterocycles. The Labute approximate surface area is 119 Å². The van der Waals surface area contributed by atoms with Gasteiger partial charge >= 0.3 is 0 Å². The van der Waals surface area contributed by atoms with E-state index in [1.807, 2.05) is 0 Å². The zero-order chi connectivity index (χ0) is 14.8. The molecule has 1 fully saturated rings. The molecule has 0 bridgehead atoms. The lowest BCUT2D eigenvalue weighted by molar-refractivity contribution is 0.416. The number of rotatable bonds is 3. The molecule has 0 radical (unpaired) electrons. The Morgan fingerprint density at radius 1 is 1.35 bits per heavy atom. The number of nitrogens with zero attached hydrogens (tertiary/aromatic N) is 1. The largest absolute Gasteiger partial charge is 0.326 e. The lowest BCUT2D eigenvalue weighted by Crippen LogP contribution is -2.33. The summed E-state index contributed by atoms with van der Waals surface area (Å²) in [4.78, 5) is 0.00885. The molecule has 1 heterocycles. The van der Waals surface area contributed by atoms with Gasteiger partial charge in [-0.05, 0) is 42.9 Å². The van der Waals surface area contributed by atoms with Crippen molar-refractivity contribution >= 4 is 10.0 Å². The van der Waals surface area contributed by atoms with Crippen LogP contribution in [0.1, 0.15) is 31.7 Å². The summed E-state index contributed by atoms with van der Waals surface area (Å²) in [6.07, 6.45) is 2.71. The molecule has 1 aliphatic rings. The predicted molar refractivity (Wildman–Crippen MR) is 76.1 cm³/mol. The SMILES string of the molecule is CC1CCCN(S(=O)(=O)c2cc(F)ccc2CN)CC1. The normalized spacial score (nSPS) is 21.6. The maximum Gasteiger partial charge on any atom is 0.243 e. The van der Waals surface area contributed by atoms with Gasteiger partial charge in [0.15, 0.2) is 0 Å². The minimum atomic E-state index is -3.66. The second-order valence-corrected chi connectivity index (χ2v) is 7.30. The molecule has 1 saturated heterocycles. The van der Waals surface area contributed by atoms with E-state index in [0.29, 0.717) is 24.6 Å². The monoisotopic (exact) mass is 300 g/mol. The van der Waals surface area contributed by atoms with Gasteiger partial charge < -0.3 is 5.73 Å². The predicted octanol–water partition coefficient (Wildman–Crippen LogP) is 2.10. The van der Waals surface area contributed by atoms with Crippen LogP contribution >= 0.6 is 0 Å². The quantitative estimate of drug-likeness (QED) is 0.929. The van der Waals surface area contributed by atoms with Gasteiger partial charge in [-0.2, -0.15) is 4.31 Å². The van der Waals surface area contributed by atoms with Gasteiger partial charge in [0.1, 0.15) is 5.82 Å². The molecule has 2 rings (SSSR count). The first-order chi connectivity index (χ1) is 9.45. The number of halogens is 1. The molecule has 0 amide bonds. The maximum atomic E-state index is 13.4. The third kappa shape index (κ3) is 3.19. The van der Waals surface area contributed by atoms with Crippen LogP contribution in [0.4, 0.5) is 4.39 Å². The summed E-state index contributed by atoms with van der Waals surface area (Å²) in [5, 5.41) is 0. The van der Waals surface area contributed by atoms with Crippen molar-refractivity contribution in [3.63, 3.8) is 0 Å². The smallest absolute Gasteiger partial charge is 0.243 e. The summed E-state index contributed by atoms with van der Waals surface area (Å²) < 4.78 is 40.2. The molecule has 0 saturated carbocycles. The molecule has 2 N–H and O–H groups in total. The van der Waals surface area contributed by atoms with E-state index in [1.165, 1.54) is 16.4 Å². The highest BCUT2D eigenvalue weighted by molar-refractivity contribution is 7.89. The van der Waals surface area contributed by atoms with E-state index < -0.39 is 15.8 Å². The summed E-state index contributed by atoms with van der Waals surface area (Å²) in [6, 6.07) is 3.76. The second kappa shape index (κ2) is 6.20. The van der Waals surface area contributed by atoms with Gasteiger partial charge in [0.2, 0.25) is 10.0 Å². The molecule has 20 heavy (non-hydrogen) atoms. The second-order valence-electron chi connectivity index (χ2n) is 5.40. The van der Waals surface area contributed by atoms with Crippen molar-refractivity contribution in [1.29, 1.82) is 0 Å². The molecule has 1 unspecified atom stereocenters. The number of nitrogens with two attached hydrogens (primary N) is 1. The van der Waals surface area contributed by atoms with Crippen LogP contribution in [0.15, 0.2) is 23.1 Å². The van der Waals surface area contributed by atoms with Gasteiger partial charge in [0.05, 0.1) is 4.90 Å². The van der Waals surface area contributed by atoms with Crippen molar-refractivity contribution in [1.82, 2.24) is 4.31 Å². The zero-order valence-electron chi connectivity index (χ0n) is 11.7. The molecule has 0 aliphatic carbocycles. The van der Waals surface area contributed by atoms with Crippen LogP contribution in [0.5, 0.6) is 0 Å². The van der Waals surface area contributed by atoms with E-state index in [9.17, 15) is 12.8 Å². The molecule has 1 aromatic carbocycles. The Hall–Kier alpha value is -0.980. The minimum absolute atomic E-state index is 0.00885. The highest BCUT2D eigenvalue weighted by Gasteiger charge is 2.28. The molecule has 112 valence electrons.